The Hall–Kier alpha value is -0.900. The normalized spacial score (nSPS) is 33.9. The summed E-state index contributed by atoms with van der Waals surface area (Å²) in [6, 6.07) is 0.559. The van der Waals surface area contributed by atoms with Crippen LogP contribution >= 0.6 is 0 Å². The second-order valence-electron chi connectivity index (χ2n) is 4.19. The molecule has 2 rings (SSSR count). The Morgan fingerprint density at radius 2 is 1.93 bits per heavy atom. The molecule has 2 aliphatic rings. The number of nitrogens with zero attached hydrogens (tertiary/aromatic N) is 1. The molecule has 0 saturated carbocycles. The molecule has 4 nitrogen and oxygen atoms in total. The standard InChI is InChI=1S/C10H16N2O2/c1-7-6-8(4-5-11-7)12-9(13)2-3-10(12)14/h7-8,11H,2-6H2,1H3. The zero-order valence-electron chi connectivity index (χ0n) is 8.45. The minimum atomic E-state index is 0.0223. The van der Waals surface area contributed by atoms with Crippen LogP contribution in [0.15, 0.2) is 0 Å². The molecule has 0 aromatic carbocycles. The van der Waals surface area contributed by atoms with Gasteiger partial charge >= 0.3 is 0 Å². The molecule has 0 bridgehead atoms. The van der Waals surface area contributed by atoms with E-state index < -0.39 is 0 Å². The molecule has 4 heteroatoms. The molecule has 2 unspecified atom stereocenters. The van der Waals surface area contributed by atoms with Crippen LogP contribution in [0.1, 0.15) is 32.6 Å². The van der Waals surface area contributed by atoms with Crippen LogP contribution in [0, 0.1) is 0 Å². The van der Waals surface area contributed by atoms with Gasteiger partial charge in [0.15, 0.2) is 0 Å². The molecule has 2 fully saturated rings. The number of carbonyl (C=O) groups is 2. The summed E-state index contributed by atoms with van der Waals surface area (Å²) >= 11 is 0. The second kappa shape index (κ2) is 3.69. The average Bonchev–Trinajstić information content (AvgIpc) is 2.46. The van der Waals surface area contributed by atoms with Crippen molar-refractivity contribution in [1.82, 2.24) is 10.2 Å². The van der Waals surface area contributed by atoms with Gasteiger partial charge in [0.2, 0.25) is 11.8 Å². The molecule has 2 heterocycles. The van der Waals surface area contributed by atoms with Gasteiger partial charge in [0.1, 0.15) is 0 Å². The largest absolute Gasteiger partial charge is 0.314 e. The highest BCUT2D eigenvalue weighted by Crippen LogP contribution is 2.22. The molecule has 2 amide bonds. The van der Waals surface area contributed by atoms with Crippen LogP contribution in [0.3, 0.4) is 0 Å². The van der Waals surface area contributed by atoms with Crippen molar-refractivity contribution in [2.75, 3.05) is 6.54 Å². The summed E-state index contributed by atoms with van der Waals surface area (Å²) in [5.74, 6) is 0.0446. The van der Waals surface area contributed by atoms with Gasteiger partial charge < -0.3 is 5.32 Å². The third kappa shape index (κ3) is 1.66. The Morgan fingerprint density at radius 3 is 2.50 bits per heavy atom. The van der Waals surface area contributed by atoms with Crippen molar-refractivity contribution in [2.45, 2.75) is 44.7 Å². The lowest BCUT2D eigenvalue weighted by molar-refractivity contribution is -0.141. The number of carbonyl (C=O) groups excluding carboxylic acids is 2. The van der Waals surface area contributed by atoms with Crippen LogP contribution in [-0.2, 0) is 9.59 Å². The van der Waals surface area contributed by atoms with E-state index in [2.05, 4.69) is 12.2 Å². The Morgan fingerprint density at radius 1 is 1.29 bits per heavy atom. The predicted molar refractivity (Wildman–Crippen MR) is 51.6 cm³/mol. The number of hydrogen-bond acceptors (Lipinski definition) is 3. The van der Waals surface area contributed by atoms with Crippen molar-refractivity contribution in [1.29, 1.82) is 0 Å². The topological polar surface area (TPSA) is 49.4 Å². The maximum absolute atomic E-state index is 11.5. The van der Waals surface area contributed by atoms with Crippen LogP contribution in [-0.4, -0.2) is 35.3 Å². The molecule has 2 aliphatic heterocycles. The number of hydrogen-bond donors (Lipinski definition) is 1. The van der Waals surface area contributed by atoms with E-state index >= 15 is 0 Å². The highest BCUT2D eigenvalue weighted by Gasteiger charge is 2.36. The second-order valence-corrected chi connectivity index (χ2v) is 4.19. The van der Waals surface area contributed by atoms with Gasteiger partial charge in [-0.3, -0.25) is 14.5 Å². The molecule has 0 radical (unpaired) electrons. The van der Waals surface area contributed by atoms with Crippen LogP contribution in [0.5, 0.6) is 0 Å². The lowest BCUT2D eigenvalue weighted by Gasteiger charge is -2.33. The molecule has 2 atom stereocenters. The highest BCUT2D eigenvalue weighted by atomic mass is 16.2. The van der Waals surface area contributed by atoms with E-state index in [1.807, 2.05) is 0 Å². The Bertz CT molecular complexity index is 249. The van der Waals surface area contributed by atoms with E-state index in [0.717, 1.165) is 19.4 Å². The summed E-state index contributed by atoms with van der Waals surface area (Å²) in [7, 11) is 0. The van der Waals surface area contributed by atoms with Gasteiger partial charge in [-0.1, -0.05) is 0 Å². The third-order valence-corrected chi connectivity index (χ3v) is 3.05. The molecule has 0 aliphatic carbocycles. The minimum absolute atomic E-state index is 0.0223. The molecule has 78 valence electrons. The molecule has 0 spiro atoms. The fraction of sp³-hybridized carbons (Fsp3) is 0.800. The number of nitrogens with one attached hydrogen (secondary N) is 1. The number of likely N-dealkylation sites (tertiary alicyclic amines) is 1. The van der Waals surface area contributed by atoms with Gasteiger partial charge in [0.25, 0.3) is 0 Å². The molecular formula is C10H16N2O2. The van der Waals surface area contributed by atoms with E-state index in [0.29, 0.717) is 18.9 Å². The van der Waals surface area contributed by atoms with E-state index in [1.165, 1.54) is 4.90 Å². The number of rotatable bonds is 1. The number of imide groups is 1. The lowest BCUT2D eigenvalue weighted by Crippen LogP contribution is -2.48. The van der Waals surface area contributed by atoms with Crippen molar-refractivity contribution >= 4 is 11.8 Å². The van der Waals surface area contributed by atoms with E-state index in [1.54, 1.807) is 0 Å². The van der Waals surface area contributed by atoms with Crippen LogP contribution in [0.4, 0.5) is 0 Å². The fourth-order valence-corrected chi connectivity index (χ4v) is 2.34. The first kappa shape index (κ1) is 9.65. The van der Waals surface area contributed by atoms with Crippen LogP contribution in [0.2, 0.25) is 0 Å². The third-order valence-electron chi connectivity index (χ3n) is 3.05. The summed E-state index contributed by atoms with van der Waals surface area (Å²) in [5.41, 5.74) is 0. The van der Waals surface area contributed by atoms with Crippen molar-refractivity contribution in [3.05, 3.63) is 0 Å². The van der Waals surface area contributed by atoms with Crippen molar-refractivity contribution < 1.29 is 9.59 Å². The van der Waals surface area contributed by atoms with Gasteiger partial charge in [-0.25, -0.2) is 0 Å². The Kier molecular flexibility index (Phi) is 2.54. The molecule has 0 aromatic heterocycles. The zero-order chi connectivity index (χ0) is 10.1. The molecule has 0 aromatic rings. The van der Waals surface area contributed by atoms with E-state index in [9.17, 15) is 9.59 Å². The van der Waals surface area contributed by atoms with E-state index in [-0.39, 0.29) is 17.9 Å². The molecular weight excluding hydrogens is 180 g/mol. The summed E-state index contributed by atoms with van der Waals surface area (Å²) in [6.07, 6.45) is 2.63. The van der Waals surface area contributed by atoms with E-state index in [4.69, 9.17) is 0 Å². The van der Waals surface area contributed by atoms with Crippen LogP contribution in [0.25, 0.3) is 0 Å². The lowest BCUT2D eigenvalue weighted by atomic mass is 9.99. The van der Waals surface area contributed by atoms with Crippen molar-refractivity contribution in [2.24, 2.45) is 0 Å². The minimum Gasteiger partial charge on any atom is -0.314 e. The predicted octanol–water partition coefficient (Wildman–Crippen LogP) is 0.276. The molecule has 2 saturated heterocycles. The molecule has 14 heavy (non-hydrogen) atoms. The first-order valence-corrected chi connectivity index (χ1v) is 5.27. The van der Waals surface area contributed by atoms with Crippen LogP contribution < -0.4 is 5.32 Å². The first-order valence-electron chi connectivity index (χ1n) is 5.27. The quantitative estimate of drug-likeness (QED) is 0.613. The zero-order valence-corrected chi connectivity index (χ0v) is 8.45. The SMILES string of the molecule is CC1CC(N2C(=O)CCC2=O)CCN1. The first-order chi connectivity index (χ1) is 6.68. The Labute approximate surface area is 83.6 Å². The summed E-state index contributed by atoms with van der Waals surface area (Å²) in [6.45, 7) is 3.00. The smallest absolute Gasteiger partial charge is 0.229 e. The fourth-order valence-electron chi connectivity index (χ4n) is 2.34. The maximum Gasteiger partial charge on any atom is 0.229 e. The maximum atomic E-state index is 11.5. The number of amides is 2. The summed E-state index contributed by atoms with van der Waals surface area (Å²) in [4.78, 5) is 24.4. The highest BCUT2D eigenvalue weighted by molar-refractivity contribution is 6.02. The van der Waals surface area contributed by atoms with Gasteiger partial charge in [0, 0.05) is 24.9 Å². The molecule has 1 N–H and O–H groups in total. The summed E-state index contributed by atoms with van der Waals surface area (Å²) in [5, 5.41) is 3.32. The van der Waals surface area contributed by atoms with Gasteiger partial charge in [0.05, 0.1) is 0 Å². The number of piperidine rings is 1. The van der Waals surface area contributed by atoms with Gasteiger partial charge in [-0.05, 0) is 26.3 Å². The average molecular weight is 196 g/mol. The van der Waals surface area contributed by atoms with Gasteiger partial charge in [-0.2, -0.15) is 0 Å². The van der Waals surface area contributed by atoms with Crippen molar-refractivity contribution in [3.8, 4) is 0 Å². The summed E-state index contributed by atoms with van der Waals surface area (Å²) < 4.78 is 0. The van der Waals surface area contributed by atoms with Gasteiger partial charge in [-0.15, -0.1) is 0 Å². The monoisotopic (exact) mass is 196 g/mol. The Balaban J connectivity index is 2.05. The van der Waals surface area contributed by atoms with Crippen molar-refractivity contribution in [3.63, 3.8) is 0 Å².